The van der Waals surface area contributed by atoms with Gasteiger partial charge in [0, 0.05) is 31.8 Å². The molecule has 0 aliphatic carbocycles. The van der Waals surface area contributed by atoms with Gasteiger partial charge in [-0.2, -0.15) is 0 Å². The van der Waals surface area contributed by atoms with E-state index in [1.165, 1.54) is 24.3 Å². The van der Waals surface area contributed by atoms with Crippen molar-refractivity contribution in [1.29, 1.82) is 0 Å². The van der Waals surface area contributed by atoms with E-state index in [9.17, 15) is 9.18 Å². The molecule has 0 radical (unpaired) electrons. The molecule has 1 N–H and O–H groups in total. The number of nitrogens with one attached hydrogen (secondary N) is 1. The molecule has 84 valence electrons. The molecule has 1 aromatic carbocycles. The highest BCUT2D eigenvalue weighted by molar-refractivity contribution is 6.04. The zero-order valence-electron chi connectivity index (χ0n) is 9.03. The van der Waals surface area contributed by atoms with E-state index in [2.05, 4.69) is 5.32 Å². The van der Waals surface area contributed by atoms with E-state index >= 15 is 0 Å². The van der Waals surface area contributed by atoms with Crippen LogP contribution in [0.4, 0.5) is 4.39 Å². The van der Waals surface area contributed by atoms with Crippen LogP contribution in [0.15, 0.2) is 36.2 Å². The molecule has 1 fully saturated rings. The van der Waals surface area contributed by atoms with Crippen molar-refractivity contribution in [1.82, 2.24) is 10.2 Å². The number of benzene rings is 1. The lowest BCUT2D eigenvalue weighted by Gasteiger charge is -2.10. The van der Waals surface area contributed by atoms with E-state index in [0.29, 0.717) is 5.56 Å². The van der Waals surface area contributed by atoms with E-state index in [0.717, 1.165) is 18.9 Å². The minimum atomic E-state index is -0.333. The fourth-order valence-electron chi connectivity index (χ4n) is 1.59. The Morgan fingerprint density at radius 2 is 2.12 bits per heavy atom. The third kappa shape index (κ3) is 2.21. The minimum Gasteiger partial charge on any atom is -0.370 e. The molecule has 1 aliphatic heterocycles. The third-order valence-corrected chi connectivity index (χ3v) is 2.56. The van der Waals surface area contributed by atoms with Crippen molar-refractivity contribution >= 4 is 5.78 Å². The lowest BCUT2D eigenvalue weighted by atomic mass is 10.1. The van der Waals surface area contributed by atoms with Gasteiger partial charge in [-0.3, -0.25) is 4.79 Å². The van der Waals surface area contributed by atoms with Crippen LogP contribution in [0, 0.1) is 5.82 Å². The highest BCUT2D eigenvalue weighted by Crippen LogP contribution is 2.08. The van der Waals surface area contributed by atoms with Crippen molar-refractivity contribution in [3.05, 3.63) is 47.5 Å². The van der Waals surface area contributed by atoms with Gasteiger partial charge < -0.3 is 10.2 Å². The fourth-order valence-corrected chi connectivity index (χ4v) is 1.59. The molecule has 1 saturated heterocycles. The predicted molar refractivity (Wildman–Crippen MR) is 59.4 cm³/mol. The molecular formula is C12H13FN2O. The Hall–Kier alpha value is -1.84. The Kier molecular flexibility index (Phi) is 2.90. The van der Waals surface area contributed by atoms with Crippen LogP contribution in [0.1, 0.15) is 10.4 Å². The molecule has 2 rings (SSSR count). The van der Waals surface area contributed by atoms with E-state index in [1.807, 2.05) is 11.9 Å². The number of hydrogen-bond acceptors (Lipinski definition) is 3. The first kappa shape index (κ1) is 10.7. The van der Waals surface area contributed by atoms with E-state index in [4.69, 9.17) is 0 Å². The van der Waals surface area contributed by atoms with E-state index in [-0.39, 0.29) is 11.6 Å². The largest absolute Gasteiger partial charge is 0.370 e. The maximum Gasteiger partial charge on any atom is 0.189 e. The van der Waals surface area contributed by atoms with E-state index < -0.39 is 0 Å². The van der Waals surface area contributed by atoms with Crippen molar-refractivity contribution in [3.63, 3.8) is 0 Å². The second-order valence-electron chi connectivity index (χ2n) is 3.75. The van der Waals surface area contributed by atoms with Gasteiger partial charge >= 0.3 is 0 Å². The Labute approximate surface area is 93.6 Å². The second kappa shape index (κ2) is 4.35. The number of likely N-dealkylation sites (N-methyl/N-ethyl adjacent to an activating group) is 1. The summed E-state index contributed by atoms with van der Waals surface area (Å²) in [7, 11) is 1.92. The molecule has 1 aromatic rings. The molecule has 0 amide bonds. The maximum atomic E-state index is 12.7. The maximum absolute atomic E-state index is 12.7. The van der Waals surface area contributed by atoms with Crippen LogP contribution in [0.3, 0.4) is 0 Å². The van der Waals surface area contributed by atoms with Gasteiger partial charge in [-0.1, -0.05) is 0 Å². The summed E-state index contributed by atoms with van der Waals surface area (Å²) >= 11 is 0. The second-order valence-corrected chi connectivity index (χ2v) is 3.75. The molecule has 0 spiro atoms. The SMILES string of the molecule is CN1CCN/C1=C\C(=O)c1ccc(F)cc1. The highest BCUT2D eigenvalue weighted by Gasteiger charge is 2.13. The predicted octanol–water partition coefficient (Wildman–Crippen LogP) is 1.38. The van der Waals surface area contributed by atoms with Crippen LogP contribution >= 0.6 is 0 Å². The van der Waals surface area contributed by atoms with Crippen LogP contribution in [-0.4, -0.2) is 30.8 Å². The molecule has 16 heavy (non-hydrogen) atoms. The summed E-state index contributed by atoms with van der Waals surface area (Å²) in [4.78, 5) is 13.8. The molecule has 1 heterocycles. The minimum absolute atomic E-state index is 0.115. The molecular weight excluding hydrogens is 207 g/mol. The Morgan fingerprint density at radius 3 is 2.69 bits per heavy atom. The molecule has 0 bridgehead atoms. The number of hydrogen-bond donors (Lipinski definition) is 1. The van der Waals surface area contributed by atoms with Gasteiger partial charge in [0.05, 0.1) is 0 Å². The molecule has 0 unspecified atom stereocenters. The van der Waals surface area contributed by atoms with Crippen LogP contribution in [-0.2, 0) is 0 Å². The van der Waals surface area contributed by atoms with Crippen LogP contribution in [0.2, 0.25) is 0 Å². The first-order valence-corrected chi connectivity index (χ1v) is 5.13. The highest BCUT2D eigenvalue weighted by atomic mass is 19.1. The van der Waals surface area contributed by atoms with Crippen molar-refractivity contribution in [3.8, 4) is 0 Å². The summed E-state index contributed by atoms with van der Waals surface area (Å²) < 4.78 is 12.7. The lowest BCUT2D eigenvalue weighted by Crippen LogP contribution is -2.15. The first-order chi connectivity index (χ1) is 7.66. The van der Waals surface area contributed by atoms with Crippen LogP contribution in [0.5, 0.6) is 0 Å². The Morgan fingerprint density at radius 1 is 1.44 bits per heavy atom. The zero-order chi connectivity index (χ0) is 11.5. The smallest absolute Gasteiger partial charge is 0.189 e. The molecule has 0 saturated carbocycles. The van der Waals surface area contributed by atoms with Crippen molar-refractivity contribution in [2.75, 3.05) is 20.1 Å². The average Bonchev–Trinajstić information content (AvgIpc) is 2.65. The number of halogens is 1. The van der Waals surface area contributed by atoms with Gasteiger partial charge in [-0.05, 0) is 24.3 Å². The van der Waals surface area contributed by atoms with Gasteiger partial charge in [0.15, 0.2) is 5.78 Å². The molecule has 0 atom stereocenters. The number of rotatable bonds is 2. The molecule has 0 aromatic heterocycles. The number of ketones is 1. The molecule has 3 nitrogen and oxygen atoms in total. The molecule has 1 aliphatic rings. The van der Waals surface area contributed by atoms with Crippen molar-refractivity contribution in [2.45, 2.75) is 0 Å². The van der Waals surface area contributed by atoms with Gasteiger partial charge in [-0.15, -0.1) is 0 Å². The number of nitrogens with zero attached hydrogens (tertiary/aromatic N) is 1. The van der Waals surface area contributed by atoms with Crippen molar-refractivity contribution in [2.24, 2.45) is 0 Å². The summed E-state index contributed by atoms with van der Waals surface area (Å²) in [5.74, 6) is 0.367. The lowest BCUT2D eigenvalue weighted by molar-refractivity contribution is 0.104. The summed E-state index contributed by atoms with van der Waals surface area (Å²) in [6.07, 6.45) is 1.54. The summed E-state index contributed by atoms with van der Waals surface area (Å²) in [6.45, 7) is 1.74. The first-order valence-electron chi connectivity index (χ1n) is 5.13. The van der Waals surface area contributed by atoms with Gasteiger partial charge in [0.25, 0.3) is 0 Å². The average molecular weight is 220 g/mol. The quantitative estimate of drug-likeness (QED) is 0.603. The number of allylic oxidation sites excluding steroid dienone is 1. The summed E-state index contributed by atoms with van der Waals surface area (Å²) in [5.41, 5.74) is 0.496. The van der Waals surface area contributed by atoms with Gasteiger partial charge in [-0.25, -0.2) is 4.39 Å². The topological polar surface area (TPSA) is 32.3 Å². The normalized spacial score (nSPS) is 17.6. The van der Waals surface area contributed by atoms with Gasteiger partial charge in [0.2, 0.25) is 0 Å². The van der Waals surface area contributed by atoms with Crippen molar-refractivity contribution < 1.29 is 9.18 Å². The van der Waals surface area contributed by atoms with E-state index in [1.54, 1.807) is 6.08 Å². The standard InChI is InChI=1S/C12H13FN2O/c1-15-7-6-14-12(15)8-11(16)9-2-4-10(13)5-3-9/h2-5,8,14H,6-7H2,1H3/b12-8+. The zero-order valence-corrected chi connectivity index (χ0v) is 9.03. The Bertz CT molecular complexity index is 425. The Balaban J connectivity index is 2.16. The van der Waals surface area contributed by atoms with Crippen LogP contribution < -0.4 is 5.32 Å². The monoisotopic (exact) mass is 220 g/mol. The fraction of sp³-hybridized carbons (Fsp3) is 0.250. The molecule has 4 heteroatoms. The van der Waals surface area contributed by atoms with Gasteiger partial charge in [0.1, 0.15) is 11.6 Å². The summed E-state index contributed by atoms with van der Waals surface area (Å²) in [6, 6.07) is 5.56. The number of carbonyl (C=O) groups excluding carboxylic acids is 1. The van der Waals surface area contributed by atoms with Crippen LogP contribution in [0.25, 0.3) is 0 Å². The third-order valence-electron chi connectivity index (χ3n) is 2.56. The number of carbonyl (C=O) groups is 1. The summed E-state index contributed by atoms with van der Waals surface area (Å²) in [5, 5.41) is 3.11.